The summed E-state index contributed by atoms with van der Waals surface area (Å²) in [6.45, 7) is 6.87. The van der Waals surface area contributed by atoms with Gasteiger partial charge in [0.15, 0.2) is 5.82 Å². The molecule has 0 aliphatic heterocycles. The van der Waals surface area contributed by atoms with Crippen LogP contribution in [-0.2, 0) is 13.1 Å². The molecule has 0 spiro atoms. The van der Waals surface area contributed by atoms with Crippen molar-refractivity contribution in [1.82, 2.24) is 19.6 Å². The Balaban J connectivity index is 1.49. The number of carbonyl (C=O) groups is 1. The predicted octanol–water partition coefficient (Wildman–Crippen LogP) is 6.42. The van der Waals surface area contributed by atoms with E-state index >= 15 is 0 Å². The van der Waals surface area contributed by atoms with Crippen molar-refractivity contribution in [1.29, 1.82) is 0 Å². The number of nitrogens with zero attached hydrogens (tertiary/aromatic N) is 4. The topological polar surface area (TPSA) is 64.7 Å². The van der Waals surface area contributed by atoms with Gasteiger partial charge in [-0.05, 0) is 66.5 Å². The Morgan fingerprint density at radius 3 is 2.33 bits per heavy atom. The van der Waals surface area contributed by atoms with Crippen LogP contribution in [0.1, 0.15) is 38.6 Å². The number of nitrogens with one attached hydrogen (secondary N) is 1. The van der Waals surface area contributed by atoms with Gasteiger partial charge in [-0.3, -0.25) is 14.2 Å². The number of halogens is 3. The monoisotopic (exact) mass is 545 g/mol. The highest BCUT2D eigenvalue weighted by Gasteiger charge is 2.14. The highest BCUT2D eigenvalue weighted by Crippen LogP contribution is 2.26. The van der Waals surface area contributed by atoms with Crippen molar-refractivity contribution in [2.24, 2.45) is 0 Å². The van der Waals surface area contributed by atoms with Gasteiger partial charge in [0.05, 0.1) is 29.0 Å². The summed E-state index contributed by atoms with van der Waals surface area (Å²) in [7, 11) is 0. The number of aromatic nitrogens is 4. The van der Waals surface area contributed by atoms with Crippen LogP contribution in [0.4, 0.5) is 5.82 Å². The smallest absolute Gasteiger partial charge is 0.256 e. The lowest BCUT2D eigenvalue weighted by Gasteiger charge is -2.09. The fourth-order valence-corrected chi connectivity index (χ4v) is 4.37. The van der Waals surface area contributed by atoms with Crippen molar-refractivity contribution in [2.45, 2.75) is 33.9 Å². The largest absolute Gasteiger partial charge is 0.305 e. The third kappa shape index (κ3) is 5.16. The number of benzene rings is 2. The van der Waals surface area contributed by atoms with E-state index in [0.717, 1.165) is 32.7 Å². The number of rotatable bonds is 6. The van der Waals surface area contributed by atoms with E-state index < -0.39 is 0 Å². The Morgan fingerprint density at radius 2 is 1.67 bits per heavy atom. The molecule has 6 nitrogen and oxygen atoms in total. The van der Waals surface area contributed by atoms with Gasteiger partial charge in [0, 0.05) is 32.9 Å². The van der Waals surface area contributed by atoms with Crippen LogP contribution in [0.15, 0.2) is 53.0 Å². The van der Waals surface area contributed by atoms with Crippen molar-refractivity contribution in [3.8, 4) is 0 Å². The third-order valence-electron chi connectivity index (χ3n) is 5.41. The molecule has 0 saturated carbocycles. The molecule has 1 amide bonds. The van der Waals surface area contributed by atoms with E-state index in [1.54, 1.807) is 28.9 Å². The van der Waals surface area contributed by atoms with Crippen LogP contribution in [0.5, 0.6) is 0 Å². The zero-order valence-corrected chi connectivity index (χ0v) is 21.5. The zero-order valence-electron chi connectivity index (χ0n) is 18.4. The quantitative estimate of drug-likeness (QED) is 0.303. The average molecular weight is 547 g/mol. The summed E-state index contributed by atoms with van der Waals surface area (Å²) < 4.78 is 4.68. The summed E-state index contributed by atoms with van der Waals surface area (Å²) in [5.41, 5.74) is 5.18. The summed E-state index contributed by atoms with van der Waals surface area (Å²) in [6.07, 6.45) is 0. The molecule has 0 aliphatic rings. The number of amides is 1. The van der Waals surface area contributed by atoms with Crippen LogP contribution in [0, 0.1) is 20.8 Å². The number of hydrogen-bond donors (Lipinski definition) is 1. The summed E-state index contributed by atoms with van der Waals surface area (Å²) in [6, 6.07) is 14.7. The molecule has 0 radical (unpaired) electrons. The molecule has 4 rings (SSSR count). The van der Waals surface area contributed by atoms with Gasteiger partial charge in [-0.2, -0.15) is 10.2 Å². The second-order valence-electron chi connectivity index (χ2n) is 7.83. The van der Waals surface area contributed by atoms with Crippen LogP contribution in [0.3, 0.4) is 0 Å². The van der Waals surface area contributed by atoms with Crippen LogP contribution in [0.2, 0.25) is 10.0 Å². The van der Waals surface area contributed by atoms with Crippen molar-refractivity contribution in [3.63, 3.8) is 0 Å². The van der Waals surface area contributed by atoms with E-state index in [1.807, 2.05) is 49.7 Å². The van der Waals surface area contributed by atoms with Crippen molar-refractivity contribution < 1.29 is 4.79 Å². The Labute approximate surface area is 210 Å². The fraction of sp³-hybridized carbons (Fsp3) is 0.208. The number of carbonyl (C=O) groups excluding carboxylic acids is 1. The Bertz CT molecular complexity index is 1320. The lowest BCUT2D eigenvalue weighted by molar-refractivity contribution is 0.102. The van der Waals surface area contributed by atoms with Crippen LogP contribution >= 0.6 is 39.1 Å². The van der Waals surface area contributed by atoms with Gasteiger partial charge in [-0.25, -0.2) is 0 Å². The molecule has 2 heterocycles. The zero-order chi connectivity index (χ0) is 23.7. The number of hydrogen-bond acceptors (Lipinski definition) is 3. The van der Waals surface area contributed by atoms with Gasteiger partial charge in [-0.1, -0.05) is 41.4 Å². The van der Waals surface area contributed by atoms with Crippen molar-refractivity contribution >= 4 is 50.9 Å². The van der Waals surface area contributed by atoms with Gasteiger partial charge >= 0.3 is 0 Å². The highest BCUT2D eigenvalue weighted by atomic mass is 79.9. The molecule has 9 heteroatoms. The van der Waals surface area contributed by atoms with Crippen molar-refractivity contribution in [3.05, 3.63) is 96.8 Å². The molecule has 2 aromatic carbocycles. The predicted molar refractivity (Wildman–Crippen MR) is 135 cm³/mol. The van der Waals surface area contributed by atoms with Crippen LogP contribution in [-0.4, -0.2) is 25.5 Å². The van der Waals surface area contributed by atoms with Gasteiger partial charge in [0.1, 0.15) is 0 Å². The second kappa shape index (κ2) is 9.71. The molecule has 1 N–H and O–H groups in total. The maximum absolute atomic E-state index is 12.9. The van der Waals surface area contributed by atoms with E-state index in [0.29, 0.717) is 34.5 Å². The Hall–Kier alpha value is -2.61. The van der Waals surface area contributed by atoms with Gasteiger partial charge in [0.2, 0.25) is 0 Å². The van der Waals surface area contributed by atoms with Crippen LogP contribution in [0.25, 0.3) is 0 Å². The van der Waals surface area contributed by atoms with Crippen molar-refractivity contribution in [2.75, 3.05) is 5.32 Å². The molecular weight excluding hydrogens is 525 g/mol. The third-order valence-corrected chi connectivity index (χ3v) is 7.26. The summed E-state index contributed by atoms with van der Waals surface area (Å²) in [4.78, 5) is 12.9. The maximum atomic E-state index is 12.9. The maximum Gasteiger partial charge on any atom is 0.256 e. The standard InChI is InChI=1S/C24H22BrCl2N5O/c1-14-10-22(30-31(14)13-19-20(26)8-5-9-21(19)27)28-24(33)18-7-4-6-17(11-18)12-32-16(3)23(25)15(2)29-32/h4-11H,12-13H2,1-3H3,(H,28,30,33). The molecule has 0 unspecified atom stereocenters. The Morgan fingerprint density at radius 1 is 0.970 bits per heavy atom. The molecule has 0 saturated heterocycles. The minimum Gasteiger partial charge on any atom is -0.305 e. The lowest BCUT2D eigenvalue weighted by atomic mass is 10.1. The molecule has 0 aliphatic carbocycles. The van der Waals surface area contributed by atoms with Gasteiger partial charge in [0.25, 0.3) is 5.91 Å². The normalized spacial score (nSPS) is 11.1. The lowest BCUT2D eigenvalue weighted by Crippen LogP contribution is -2.14. The minimum atomic E-state index is -0.230. The van der Waals surface area contributed by atoms with E-state index in [4.69, 9.17) is 23.2 Å². The minimum absolute atomic E-state index is 0.230. The molecule has 2 aromatic heterocycles. The SMILES string of the molecule is Cc1nn(Cc2cccc(C(=O)Nc3cc(C)n(Cc4c(Cl)cccc4Cl)n3)c2)c(C)c1Br. The fourth-order valence-electron chi connectivity index (χ4n) is 3.57. The molecule has 4 aromatic rings. The number of aryl methyl sites for hydroxylation is 2. The summed E-state index contributed by atoms with van der Waals surface area (Å²) in [5, 5.41) is 13.1. The van der Waals surface area contributed by atoms with Gasteiger partial charge in [-0.15, -0.1) is 0 Å². The molecule has 0 bridgehead atoms. The first kappa shape index (κ1) is 23.5. The molecule has 0 atom stereocenters. The first-order chi connectivity index (χ1) is 15.7. The molecule has 33 heavy (non-hydrogen) atoms. The first-order valence-electron chi connectivity index (χ1n) is 10.3. The van der Waals surface area contributed by atoms with Crippen LogP contribution < -0.4 is 5.32 Å². The summed E-state index contributed by atoms with van der Waals surface area (Å²) >= 11 is 16.1. The highest BCUT2D eigenvalue weighted by molar-refractivity contribution is 9.10. The molecule has 170 valence electrons. The van der Waals surface area contributed by atoms with E-state index in [-0.39, 0.29) is 5.91 Å². The van der Waals surface area contributed by atoms with Gasteiger partial charge < -0.3 is 5.32 Å². The molecule has 0 fully saturated rings. The average Bonchev–Trinajstić information content (AvgIpc) is 3.24. The summed E-state index contributed by atoms with van der Waals surface area (Å²) in [5.74, 6) is 0.236. The Kier molecular flexibility index (Phi) is 6.93. The molecular formula is C24H22BrCl2N5O. The van der Waals surface area contributed by atoms with E-state index in [2.05, 4.69) is 31.4 Å². The second-order valence-corrected chi connectivity index (χ2v) is 9.43. The van der Waals surface area contributed by atoms with E-state index in [1.165, 1.54) is 0 Å². The first-order valence-corrected chi connectivity index (χ1v) is 11.8. The van der Waals surface area contributed by atoms with E-state index in [9.17, 15) is 4.79 Å². The number of anilines is 1.